The lowest BCUT2D eigenvalue weighted by Crippen LogP contribution is -2.50. The maximum atomic E-state index is 12.9. The van der Waals surface area contributed by atoms with Crippen LogP contribution in [-0.2, 0) is 25.8 Å². The van der Waals surface area contributed by atoms with E-state index in [0.717, 1.165) is 5.56 Å². The van der Waals surface area contributed by atoms with Crippen molar-refractivity contribution in [3.63, 3.8) is 0 Å². The Morgan fingerprint density at radius 3 is 2.62 bits per heavy atom. The van der Waals surface area contributed by atoms with Crippen molar-refractivity contribution >= 4 is 18.0 Å². The molecule has 1 N–H and O–H groups in total. The van der Waals surface area contributed by atoms with E-state index in [-0.39, 0.29) is 24.6 Å². The molecule has 0 unspecified atom stereocenters. The van der Waals surface area contributed by atoms with Crippen LogP contribution in [0.25, 0.3) is 0 Å². The quantitative estimate of drug-likeness (QED) is 0.421. The number of amides is 4. The third-order valence-corrected chi connectivity index (χ3v) is 6.14. The topological polar surface area (TPSA) is 104 Å². The molecule has 3 aliphatic heterocycles. The van der Waals surface area contributed by atoms with Crippen LogP contribution < -0.4 is 5.48 Å². The summed E-state index contributed by atoms with van der Waals surface area (Å²) < 4.78 is 5.37. The second kappa shape index (κ2) is 11.7. The summed E-state index contributed by atoms with van der Waals surface area (Å²) in [6.07, 6.45) is 7.64. The predicted molar refractivity (Wildman–Crippen MR) is 134 cm³/mol. The average Bonchev–Trinajstić information content (AvgIpc) is 3.01. The van der Waals surface area contributed by atoms with Crippen molar-refractivity contribution in [3.05, 3.63) is 60.6 Å². The van der Waals surface area contributed by atoms with Crippen LogP contribution in [0.5, 0.6) is 0 Å². The highest BCUT2D eigenvalue weighted by atomic mass is 16.7. The Morgan fingerprint density at radius 2 is 1.86 bits per heavy atom. The molecule has 200 valence electrons. The molecule has 0 aliphatic carbocycles. The highest BCUT2D eigenvalue weighted by Gasteiger charge is 2.48. The molecule has 3 heterocycles. The highest BCUT2D eigenvalue weighted by Crippen LogP contribution is 2.30. The second-order valence-electron chi connectivity index (χ2n) is 10.1. The number of nitrogens with zero attached hydrogens (tertiary/aromatic N) is 4. The zero-order chi connectivity index (χ0) is 26.4. The number of piperidine rings is 1. The van der Waals surface area contributed by atoms with E-state index in [4.69, 9.17) is 14.4 Å². The van der Waals surface area contributed by atoms with Gasteiger partial charge >= 0.3 is 12.1 Å². The number of rotatable bonds is 8. The highest BCUT2D eigenvalue weighted by molar-refractivity contribution is 5.88. The maximum Gasteiger partial charge on any atom is 0.418 e. The predicted octanol–water partition coefficient (Wildman–Crippen LogP) is 2.97. The van der Waals surface area contributed by atoms with Gasteiger partial charge in [0.15, 0.2) is 0 Å². The lowest BCUT2D eigenvalue weighted by atomic mass is 10.0. The molecule has 37 heavy (non-hydrogen) atoms. The van der Waals surface area contributed by atoms with Crippen molar-refractivity contribution in [2.45, 2.75) is 57.9 Å². The first-order valence-electron chi connectivity index (χ1n) is 12.5. The van der Waals surface area contributed by atoms with E-state index in [9.17, 15) is 14.4 Å². The number of carbonyl (C=O) groups is 3. The number of nitrogens with one attached hydrogen (secondary N) is 1. The number of carbonyl (C=O) groups excluding carboxylic acids is 3. The minimum absolute atomic E-state index is 0.0655. The van der Waals surface area contributed by atoms with Crippen LogP contribution in [0, 0.1) is 0 Å². The zero-order valence-electron chi connectivity index (χ0n) is 21.5. The third-order valence-electron chi connectivity index (χ3n) is 6.14. The Kier molecular flexibility index (Phi) is 8.34. The smallest absolute Gasteiger partial charge is 0.418 e. The molecule has 1 aromatic carbocycles. The van der Waals surface area contributed by atoms with Crippen LogP contribution in [0.4, 0.5) is 9.59 Å². The van der Waals surface area contributed by atoms with Gasteiger partial charge < -0.3 is 14.5 Å². The van der Waals surface area contributed by atoms with E-state index < -0.39 is 17.7 Å². The minimum atomic E-state index is -0.600. The monoisotopic (exact) mass is 513 g/mol. The molecule has 0 aromatic heterocycles. The minimum Gasteiger partial charge on any atom is -0.443 e. The van der Waals surface area contributed by atoms with Gasteiger partial charge in [0, 0.05) is 38.2 Å². The fourth-order valence-electron chi connectivity index (χ4n) is 4.32. The Bertz CT molecular complexity index is 1020. The van der Waals surface area contributed by atoms with E-state index in [1.165, 1.54) is 9.96 Å². The fraction of sp³-hybridized carbons (Fsp3) is 0.500. The Balaban J connectivity index is 1.19. The molecule has 2 bridgehead atoms. The zero-order valence-corrected chi connectivity index (χ0v) is 21.5. The van der Waals surface area contributed by atoms with Crippen LogP contribution in [-0.4, -0.2) is 81.7 Å². The van der Waals surface area contributed by atoms with Gasteiger partial charge in [0.25, 0.3) is 5.91 Å². The molecule has 4 rings (SSSR count). The molecule has 4 amide bonds. The van der Waals surface area contributed by atoms with Gasteiger partial charge in [-0.1, -0.05) is 30.3 Å². The van der Waals surface area contributed by atoms with Crippen LogP contribution in [0.3, 0.4) is 0 Å². The number of urea groups is 1. The van der Waals surface area contributed by atoms with Crippen LogP contribution >= 0.6 is 0 Å². The average molecular weight is 514 g/mol. The first kappa shape index (κ1) is 26.5. The fourth-order valence-corrected chi connectivity index (χ4v) is 4.32. The van der Waals surface area contributed by atoms with Gasteiger partial charge in [0.2, 0.25) is 0 Å². The van der Waals surface area contributed by atoms with Crippen molar-refractivity contribution in [2.75, 3.05) is 26.2 Å². The number of fused-ring (bicyclic) bond motifs is 2. The van der Waals surface area contributed by atoms with Crippen LogP contribution in [0.2, 0.25) is 0 Å². The molecular formula is C26H35N5O6. The summed E-state index contributed by atoms with van der Waals surface area (Å²) in [5, 5.41) is 1.40. The molecule has 2 saturated heterocycles. The number of hydrogen-bond acceptors (Lipinski definition) is 7. The first-order chi connectivity index (χ1) is 17.7. The summed E-state index contributed by atoms with van der Waals surface area (Å²) in [4.78, 5) is 54.0. The van der Waals surface area contributed by atoms with Gasteiger partial charge in [0.05, 0.1) is 12.6 Å². The molecule has 2 atom stereocenters. The van der Waals surface area contributed by atoms with Crippen LogP contribution in [0.1, 0.15) is 39.2 Å². The number of ether oxygens (including phenoxy) is 1. The van der Waals surface area contributed by atoms with E-state index >= 15 is 0 Å². The molecule has 11 heteroatoms. The van der Waals surface area contributed by atoms with Crippen molar-refractivity contribution < 1.29 is 28.8 Å². The molecule has 0 radical (unpaired) electrons. The van der Waals surface area contributed by atoms with E-state index in [2.05, 4.69) is 5.48 Å². The number of hydroxylamine groups is 3. The van der Waals surface area contributed by atoms with Gasteiger partial charge in [-0.15, -0.1) is 0 Å². The van der Waals surface area contributed by atoms with Crippen molar-refractivity contribution in [1.82, 2.24) is 25.2 Å². The molecular weight excluding hydrogens is 478 g/mol. The van der Waals surface area contributed by atoms with E-state index in [1.54, 1.807) is 23.5 Å². The molecule has 0 spiro atoms. The summed E-state index contributed by atoms with van der Waals surface area (Å²) in [6.45, 7) is 7.47. The van der Waals surface area contributed by atoms with Gasteiger partial charge in [0.1, 0.15) is 18.2 Å². The summed E-state index contributed by atoms with van der Waals surface area (Å²) in [5.41, 5.74) is 2.88. The third kappa shape index (κ3) is 7.01. The lowest BCUT2D eigenvalue weighted by Gasteiger charge is -2.29. The number of benzene rings is 1. The van der Waals surface area contributed by atoms with Crippen molar-refractivity contribution in [2.24, 2.45) is 0 Å². The summed E-state index contributed by atoms with van der Waals surface area (Å²) in [7, 11) is 0. The van der Waals surface area contributed by atoms with Crippen LogP contribution in [0.15, 0.2) is 55.0 Å². The lowest BCUT2D eigenvalue weighted by molar-refractivity contribution is -0.141. The van der Waals surface area contributed by atoms with Crippen molar-refractivity contribution in [3.8, 4) is 0 Å². The van der Waals surface area contributed by atoms with Gasteiger partial charge in [-0.25, -0.2) is 15.1 Å². The molecule has 1 aromatic rings. The van der Waals surface area contributed by atoms with Gasteiger partial charge in [-0.05, 0) is 45.3 Å². The van der Waals surface area contributed by atoms with E-state index in [1.807, 2.05) is 62.1 Å². The standard InChI is InChI=1S/C26H35N5O6/c1-26(2,3)37-25(34)29-13-7-12-28(14-15-29)16-17-35-27-23(32)22-11-10-21-18-30(22)24(33)31(21)36-19-20-8-5-4-6-9-20/h4-9,13-15,21-22H,10-12,16-19H2,1-3H3,(H,27,32)/t21-,22+/m1/s1. The Morgan fingerprint density at radius 1 is 1.08 bits per heavy atom. The largest absolute Gasteiger partial charge is 0.443 e. The Labute approximate surface area is 217 Å². The SMILES string of the molecule is CC(C)(C)OC(=O)N1C=CCN(CCONC(=O)[C@@H]2CC[C@@H]3CN2C(=O)N3OCc2ccccc2)C=C1. The summed E-state index contributed by atoms with van der Waals surface area (Å²) in [6, 6.07) is 8.69. The molecule has 11 nitrogen and oxygen atoms in total. The molecule has 2 fully saturated rings. The maximum absolute atomic E-state index is 12.9. The molecule has 3 aliphatic rings. The van der Waals surface area contributed by atoms with E-state index in [0.29, 0.717) is 39.1 Å². The van der Waals surface area contributed by atoms with Gasteiger partial charge in [-0.3, -0.25) is 19.4 Å². The van der Waals surface area contributed by atoms with Gasteiger partial charge in [-0.2, -0.15) is 5.06 Å². The molecule has 0 saturated carbocycles. The Hall–Kier alpha value is -3.57. The number of hydrogen-bond donors (Lipinski definition) is 1. The first-order valence-corrected chi connectivity index (χ1v) is 12.5. The summed E-state index contributed by atoms with van der Waals surface area (Å²) in [5.74, 6) is -0.348. The summed E-state index contributed by atoms with van der Waals surface area (Å²) >= 11 is 0. The van der Waals surface area contributed by atoms with Crippen molar-refractivity contribution in [1.29, 1.82) is 0 Å². The normalized spacial score (nSPS) is 21.3. The second-order valence-corrected chi connectivity index (χ2v) is 10.1.